The Morgan fingerprint density at radius 1 is 1.16 bits per heavy atom. The van der Waals surface area contributed by atoms with Gasteiger partial charge in [0.05, 0.1) is 22.6 Å². The molecule has 1 aliphatic heterocycles. The molecule has 0 saturated carbocycles. The fraction of sp³-hybridized carbons (Fsp3) is 0.190. The zero-order chi connectivity index (χ0) is 22.2. The van der Waals surface area contributed by atoms with Crippen LogP contribution < -0.4 is 15.2 Å². The molecule has 0 fully saturated rings. The van der Waals surface area contributed by atoms with E-state index in [1.54, 1.807) is 54.7 Å². The van der Waals surface area contributed by atoms with Gasteiger partial charge in [-0.25, -0.2) is 4.98 Å². The first-order valence-electron chi connectivity index (χ1n) is 9.21. The molecule has 7 nitrogen and oxygen atoms in total. The molecular weight excluding hydrogens is 409 g/mol. The van der Waals surface area contributed by atoms with Crippen molar-refractivity contribution < 1.29 is 17.9 Å². The van der Waals surface area contributed by atoms with Gasteiger partial charge in [0.2, 0.25) is 0 Å². The number of hydrogen-bond donors (Lipinski definition) is 1. The third kappa shape index (κ3) is 3.95. The predicted octanol–water partition coefficient (Wildman–Crippen LogP) is 4.24. The average molecular weight is 426 g/mol. The zero-order valence-corrected chi connectivity index (χ0v) is 16.6. The van der Waals surface area contributed by atoms with Crippen molar-refractivity contribution in [2.24, 2.45) is 0 Å². The van der Waals surface area contributed by atoms with E-state index in [-0.39, 0.29) is 29.3 Å². The van der Waals surface area contributed by atoms with Crippen LogP contribution in [0.4, 0.5) is 24.5 Å². The van der Waals surface area contributed by atoms with Crippen molar-refractivity contribution in [2.75, 3.05) is 24.5 Å². The summed E-state index contributed by atoms with van der Waals surface area (Å²) in [5, 5.41) is 12.8. The number of nitrogens with one attached hydrogen (secondary N) is 1. The Bertz CT molecular complexity index is 1160. The van der Waals surface area contributed by atoms with Crippen molar-refractivity contribution in [3.05, 3.63) is 65.6 Å². The maximum Gasteiger partial charge on any atom is 0.419 e. The number of nitriles is 1. The molecule has 1 N–H and O–H groups in total. The molecule has 0 amide bonds. The Morgan fingerprint density at radius 3 is 2.65 bits per heavy atom. The quantitative estimate of drug-likeness (QED) is 0.669. The molecule has 31 heavy (non-hydrogen) atoms. The van der Waals surface area contributed by atoms with Gasteiger partial charge in [0.25, 0.3) is 0 Å². The van der Waals surface area contributed by atoms with E-state index in [0.717, 1.165) is 6.07 Å². The van der Waals surface area contributed by atoms with Crippen LogP contribution in [0.5, 0.6) is 5.75 Å². The third-order valence-electron chi connectivity index (χ3n) is 4.86. The molecule has 0 radical (unpaired) electrons. The highest BCUT2D eigenvalue weighted by Crippen LogP contribution is 2.41. The number of halogens is 3. The van der Waals surface area contributed by atoms with Gasteiger partial charge in [0.1, 0.15) is 24.1 Å². The highest BCUT2D eigenvalue weighted by atomic mass is 19.4. The maximum atomic E-state index is 13.8. The number of benzene rings is 1. The van der Waals surface area contributed by atoms with Crippen molar-refractivity contribution in [2.45, 2.75) is 12.8 Å². The molecule has 0 bridgehead atoms. The van der Waals surface area contributed by atoms with Crippen LogP contribution in [0.15, 0.2) is 48.7 Å². The largest absolute Gasteiger partial charge is 0.487 e. The first-order valence-corrected chi connectivity index (χ1v) is 9.21. The minimum Gasteiger partial charge on any atom is -0.487 e. The van der Waals surface area contributed by atoms with E-state index in [0.29, 0.717) is 17.1 Å². The van der Waals surface area contributed by atoms with Gasteiger partial charge >= 0.3 is 6.18 Å². The second kappa shape index (κ2) is 7.77. The van der Waals surface area contributed by atoms with Crippen molar-refractivity contribution in [1.82, 2.24) is 15.1 Å². The van der Waals surface area contributed by atoms with Crippen LogP contribution in [0.2, 0.25) is 0 Å². The molecule has 0 aliphatic carbocycles. The number of pyridine rings is 2. The normalized spacial score (nSPS) is 13.5. The summed E-state index contributed by atoms with van der Waals surface area (Å²) in [6.45, 7) is -0.0955. The zero-order valence-electron chi connectivity index (χ0n) is 16.6. The van der Waals surface area contributed by atoms with Gasteiger partial charge in [-0.1, -0.05) is 6.07 Å². The summed E-state index contributed by atoms with van der Waals surface area (Å²) in [7, 11) is 3.51. The van der Waals surface area contributed by atoms with E-state index in [1.807, 2.05) is 6.07 Å². The molecule has 0 unspecified atom stereocenters. The van der Waals surface area contributed by atoms with Crippen molar-refractivity contribution >= 4 is 11.4 Å². The van der Waals surface area contributed by atoms with Gasteiger partial charge in [-0.05, 0) is 36.4 Å². The summed E-state index contributed by atoms with van der Waals surface area (Å²) in [5.74, 6) is -0.304. The standard InChI is InChI=1S/C21H17F3N6O/c1-29-18-10-16(27-17(11-25)20(18)28-30(29)2)13-6-7-19(15(9-13)21(22,23)24)31-12-14-5-3-4-8-26-14/h3-10,28H,12H2,1-2H3. The lowest BCUT2D eigenvalue weighted by atomic mass is 10.0. The number of hydrazine groups is 2. The van der Waals surface area contributed by atoms with E-state index in [1.165, 1.54) is 12.1 Å². The van der Waals surface area contributed by atoms with Crippen LogP contribution in [0, 0.1) is 11.3 Å². The van der Waals surface area contributed by atoms with Crippen molar-refractivity contribution in [1.29, 1.82) is 5.26 Å². The maximum absolute atomic E-state index is 13.8. The van der Waals surface area contributed by atoms with Crippen molar-refractivity contribution in [3.8, 4) is 23.1 Å². The Kier molecular flexibility index (Phi) is 5.12. The molecule has 2 aromatic heterocycles. The molecule has 0 atom stereocenters. The van der Waals surface area contributed by atoms with E-state index < -0.39 is 11.7 Å². The predicted molar refractivity (Wildman–Crippen MR) is 108 cm³/mol. The van der Waals surface area contributed by atoms with Crippen LogP contribution in [0.1, 0.15) is 17.0 Å². The monoisotopic (exact) mass is 426 g/mol. The first-order chi connectivity index (χ1) is 14.8. The van der Waals surface area contributed by atoms with Crippen LogP contribution in [0.3, 0.4) is 0 Å². The molecule has 158 valence electrons. The Labute approximate surface area is 176 Å². The van der Waals surface area contributed by atoms with Gasteiger partial charge in [0, 0.05) is 25.9 Å². The van der Waals surface area contributed by atoms with Crippen LogP contribution in [-0.4, -0.2) is 29.2 Å². The lowest BCUT2D eigenvalue weighted by Gasteiger charge is -2.20. The SMILES string of the molecule is CN1Nc2c(cc(-c3ccc(OCc4ccccn4)c(C(F)(F)F)c3)nc2C#N)N1C. The van der Waals surface area contributed by atoms with Gasteiger partial charge in [-0.2, -0.15) is 18.4 Å². The second-order valence-corrected chi connectivity index (χ2v) is 6.84. The molecule has 1 aromatic carbocycles. The molecule has 1 aliphatic rings. The number of aromatic nitrogens is 2. The van der Waals surface area contributed by atoms with E-state index >= 15 is 0 Å². The van der Waals surface area contributed by atoms with Gasteiger partial charge in [0.15, 0.2) is 5.69 Å². The lowest BCUT2D eigenvalue weighted by Crippen LogP contribution is -2.34. The molecule has 4 rings (SSSR count). The Balaban J connectivity index is 1.73. The summed E-state index contributed by atoms with van der Waals surface area (Å²) in [6.07, 6.45) is -3.09. The van der Waals surface area contributed by atoms with Gasteiger partial charge in [-0.3, -0.25) is 15.4 Å². The minimum atomic E-state index is -4.64. The number of anilines is 2. The Hall–Kier alpha value is -3.84. The van der Waals surface area contributed by atoms with Crippen LogP contribution in [-0.2, 0) is 12.8 Å². The number of hydrogen-bond acceptors (Lipinski definition) is 7. The van der Waals surface area contributed by atoms with Crippen LogP contribution >= 0.6 is 0 Å². The molecule has 3 heterocycles. The first kappa shape index (κ1) is 20.4. The number of nitrogens with zero attached hydrogens (tertiary/aromatic N) is 5. The number of alkyl halides is 3. The third-order valence-corrected chi connectivity index (χ3v) is 4.86. The lowest BCUT2D eigenvalue weighted by molar-refractivity contribution is -0.139. The highest BCUT2D eigenvalue weighted by molar-refractivity contribution is 5.81. The Morgan fingerprint density at radius 2 is 1.97 bits per heavy atom. The number of rotatable bonds is 4. The summed E-state index contributed by atoms with van der Waals surface area (Å²) in [6, 6.07) is 12.5. The van der Waals surface area contributed by atoms with Crippen molar-refractivity contribution in [3.63, 3.8) is 0 Å². The average Bonchev–Trinajstić information content (AvgIpc) is 3.05. The molecular formula is C21H17F3N6O. The van der Waals surface area contributed by atoms with Gasteiger partial charge in [-0.15, -0.1) is 5.12 Å². The topological polar surface area (TPSA) is 77.3 Å². The fourth-order valence-corrected chi connectivity index (χ4v) is 3.20. The highest BCUT2D eigenvalue weighted by Gasteiger charge is 2.35. The number of ether oxygens (including phenoxy) is 1. The van der Waals surface area contributed by atoms with E-state index in [4.69, 9.17) is 4.74 Å². The fourth-order valence-electron chi connectivity index (χ4n) is 3.20. The summed E-state index contributed by atoms with van der Waals surface area (Å²) < 4.78 is 46.7. The smallest absolute Gasteiger partial charge is 0.419 e. The summed E-state index contributed by atoms with van der Waals surface area (Å²) >= 11 is 0. The molecule has 0 spiro atoms. The van der Waals surface area contributed by atoms with E-state index in [9.17, 15) is 18.4 Å². The molecule has 10 heteroatoms. The van der Waals surface area contributed by atoms with Gasteiger partial charge < -0.3 is 4.74 Å². The van der Waals surface area contributed by atoms with E-state index in [2.05, 4.69) is 15.4 Å². The number of fused-ring (bicyclic) bond motifs is 1. The minimum absolute atomic E-state index is 0.0905. The summed E-state index contributed by atoms with van der Waals surface area (Å²) in [5.41, 5.74) is 4.28. The molecule has 0 saturated heterocycles. The molecule has 3 aromatic rings. The van der Waals surface area contributed by atoms with Crippen LogP contribution in [0.25, 0.3) is 11.3 Å². The summed E-state index contributed by atoms with van der Waals surface area (Å²) in [4.78, 5) is 8.31. The second-order valence-electron chi connectivity index (χ2n) is 6.84.